The molecule has 1 atom stereocenters. The van der Waals surface area contributed by atoms with Crippen LogP contribution in [-0.2, 0) is 10.3 Å². The molecule has 23 heavy (non-hydrogen) atoms. The summed E-state index contributed by atoms with van der Waals surface area (Å²) in [4.78, 5) is 38.4. The molecule has 1 aliphatic heterocycles. The second-order valence-electron chi connectivity index (χ2n) is 5.34. The minimum absolute atomic E-state index is 0.302. The second kappa shape index (κ2) is 5.79. The van der Waals surface area contributed by atoms with Gasteiger partial charge in [-0.05, 0) is 24.6 Å². The number of urea groups is 1. The lowest BCUT2D eigenvalue weighted by Gasteiger charge is -2.21. The van der Waals surface area contributed by atoms with Gasteiger partial charge in [0, 0.05) is 0 Å². The molecule has 3 rings (SSSR count). The number of hydrogen-bond donors (Lipinski definition) is 1. The Morgan fingerprint density at radius 1 is 1.22 bits per heavy atom. The summed E-state index contributed by atoms with van der Waals surface area (Å²) in [6, 6.07) is 11.6. The highest BCUT2D eigenvalue weighted by molar-refractivity contribution is 7.18. The number of hydrogen-bond acceptors (Lipinski definition) is 4. The zero-order valence-electron chi connectivity index (χ0n) is 12.2. The van der Waals surface area contributed by atoms with Gasteiger partial charge in [-0.3, -0.25) is 14.5 Å². The SMILES string of the molecule is CC1(c2ccccc2)NC(=O)N(CC(=O)c2ccc(Cl)s2)C1=O. The van der Waals surface area contributed by atoms with Crippen LogP contribution in [0.4, 0.5) is 4.79 Å². The number of amides is 3. The number of carbonyl (C=O) groups is 3. The molecule has 1 aromatic carbocycles. The molecule has 2 heterocycles. The maximum atomic E-state index is 12.7. The van der Waals surface area contributed by atoms with Crippen LogP contribution in [0.5, 0.6) is 0 Å². The quantitative estimate of drug-likeness (QED) is 0.682. The maximum absolute atomic E-state index is 12.7. The van der Waals surface area contributed by atoms with Crippen LogP contribution < -0.4 is 5.32 Å². The number of ketones is 1. The van der Waals surface area contributed by atoms with E-state index in [2.05, 4.69) is 5.32 Å². The van der Waals surface area contributed by atoms with Crippen LogP contribution in [0.3, 0.4) is 0 Å². The van der Waals surface area contributed by atoms with Crippen molar-refractivity contribution < 1.29 is 14.4 Å². The number of nitrogens with zero attached hydrogens (tertiary/aromatic N) is 1. The molecule has 1 N–H and O–H groups in total. The molecule has 5 nitrogen and oxygen atoms in total. The Morgan fingerprint density at radius 3 is 2.52 bits per heavy atom. The predicted octanol–water partition coefficient (Wildman–Crippen LogP) is 3.05. The van der Waals surface area contributed by atoms with Crippen molar-refractivity contribution >= 4 is 40.7 Å². The summed E-state index contributed by atoms with van der Waals surface area (Å²) in [5.41, 5.74) is -0.487. The molecule has 0 aliphatic carbocycles. The van der Waals surface area contributed by atoms with Gasteiger partial charge in [-0.1, -0.05) is 41.9 Å². The van der Waals surface area contributed by atoms with Crippen LogP contribution in [0.15, 0.2) is 42.5 Å². The summed E-state index contributed by atoms with van der Waals surface area (Å²) in [5.74, 6) is -0.757. The summed E-state index contributed by atoms with van der Waals surface area (Å²) in [7, 11) is 0. The molecule has 118 valence electrons. The standard InChI is InChI=1S/C16H13ClN2O3S/c1-16(10-5-3-2-4-6-10)14(21)19(15(22)18-16)9-11(20)12-7-8-13(17)23-12/h2-8H,9H2,1H3,(H,18,22). The van der Waals surface area contributed by atoms with Gasteiger partial charge in [0.1, 0.15) is 5.54 Å². The van der Waals surface area contributed by atoms with Gasteiger partial charge in [0.25, 0.3) is 5.91 Å². The monoisotopic (exact) mass is 348 g/mol. The van der Waals surface area contributed by atoms with E-state index in [-0.39, 0.29) is 12.3 Å². The number of benzene rings is 1. The fourth-order valence-electron chi connectivity index (χ4n) is 2.49. The van der Waals surface area contributed by atoms with Gasteiger partial charge in [0.05, 0.1) is 15.8 Å². The van der Waals surface area contributed by atoms with Gasteiger partial charge in [-0.2, -0.15) is 0 Å². The Morgan fingerprint density at radius 2 is 1.91 bits per heavy atom. The minimum atomic E-state index is -1.16. The first-order chi connectivity index (χ1) is 10.9. The van der Waals surface area contributed by atoms with Gasteiger partial charge in [-0.15, -0.1) is 11.3 Å². The molecule has 7 heteroatoms. The van der Waals surface area contributed by atoms with E-state index in [0.29, 0.717) is 14.8 Å². The number of nitrogens with one attached hydrogen (secondary N) is 1. The van der Waals surface area contributed by atoms with Crippen molar-refractivity contribution in [1.82, 2.24) is 10.2 Å². The van der Waals surface area contributed by atoms with E-state index < -0.39 is 17.5 Å². The number of Topliss-reactive ketones (excluding diaryl/α,β-unsaturated/α-hetero) is 1. The van der Waals surface area contributed by atoms with Crippen molar-refractivity contribution in [3.63, 3.8) is 0 Å². The molecule has 1 unspecified atom stereocenters. The van der Waals surface area contributed by atoms with Crippen molar-refractivity contribution in [2.24, 2.45) is 0 Å². The lowest BCUT2D eigenvalue weighted by Crippen LogP contribution is -2.41. The highest BCUT2D eigenvalue weighted by Crippen LogP contribution is 2.29. The summed E-state index contributed by atoms with van der Waals surface area (Å²) in [6.45, 7) is 1.33. The van der Waals surface area contributed by atoms with Crippen LogP contribution in [0.1, 0.15) is 22.2 Å². The van der Waals surface area contributed by atoms with Crippen molar-refractivity contribution in [2.45, 2.75) is 12.5 Å². The molecular formula is C16H13ClN2O3S. The Hall–Kier alpha value is -2.18. The molecule has 0 spiro atoms. The zero-order chi connectivity index (χ0) is 16.6. The van der Waals surface area contributed by atoms with Crippen molar-refractivity contribution in [1.29, 1.82) is 0 Å². The van der Waals surface area contributed by atoms with Crippen molar-refractivity contribution in [3.8, 4) is 0 Å². The maximum Gasteiger partial charge on any atom is 0.325 e. The van der Waals surface area contributed by atoms with Gasteiger partial charge < -0.3 is 5.32 Å². The summed E-state index contributed by atoms with van der Waals surface area (Å²) in [6.07, 6.45) is 0. The number of carbonyl (C=O) groups excluding carboxylic acids is 3. The van der Waals surface area contributed by atoms with Crippen LogP contribution in [0.25, 0.3) is 0 Å². The van der Waals surface area contributed by atoms with Crippen molar-refractivity contribution in [3.05, 3.63) is 57.2 Å². The smallest absolute Gasteiger partial charge is 0.319 e. The van der Waals surface area contributed by atoms with Gasteiger partial charge in [-0.25, -0.2) is 4.79 Å². The molecular weight excluding hydrogens is 336 g/mol. The fourth-order valence-corrected chi connectivity index (χ4v) is 3.47. The highest BCUT2D eigenvalue weighted by atomic mass is 35.5. The zero-order valence-corrected chi connectivity index (χ0v) is 13.8. The minimum Gasteiger partial charge on any atom is -0.319 e. The Kier molecular flexibility index (Phi) is 3.95. The predicted molar refractivity (Wildman–Crippen MR) is 87.7 cm³/mol. The topological polar surface area (TPSA) is 66.5 Å². The van der Waals surface area contributed by atoms with E-state index in [1.165, 1.54) is 0 Å². The number of thiophene rings is 1. The third-order valence-corrected chi connectivity index (χ3v) is 5.05. The molecule has 2 aromatic rings. The van der Waals surface area contributed by atoms with E-state index in [4.69, 9.17) is 11.6 Å². The third kappa shape index (κ3) is 2.75. The molecule has 0 radical (unpaired) electrons. The lowest BCUT2D eigenvalue weighted by molar-refractivity contribution is -0.130. The normalized spacial score (nSPS) is 20.7. The Balaban J connectivity index is 1.83. The average Bonchev–Trinajstić information content (AvgIpc) is 3.06. The van der Waals surface area contributed by atoms with Crippen LogP contribution in [0.2, 0.25) is 4.34 Å². The molecule has 0 bridgehead atoms. The lowest BCUT2D eigenvalue weighted by atomic mass is 9.92. The van der Waals surface area contributed by atoms with Gasteiger partial charge >= 0.3 is 6.03 Å². The van der Waals surface area contributed by atoms with E-state index in [0.717, 1.165) is 16.2 Å². The second-order valence-corrected chi connectivity index (χ2v) is 7.05. The molecule has 1 aromatic heterocycles. The summed E-state index contributed by atoms with van der Waals surface area (Å²) < 4.78 is 0.486. The molecule has 1 aliphatic rings. The van der Waals surface area contributed by atoms with E-state index >= 15 is 0 Å². The van der Waals surface area contributed by atoms with Gasteiger partial charge in [0.2, 0.25) is 0 Å². The molecule has 3 amide bonds. The van der Waals surface area contributed by atoms with E-state index in [9.17, 15) is 14.4 Å². The first-order valence-electron chi connectivity index (χ1n) is 6.90. The number of imide groups is 1. The highest BCUT2D eigenvalue weighted by Gasteiger charge is 2.49. The van der Waals surface area contributed by atoms with E-state index in [1.807, 2.05) is 6.07 Å². The Labute approximate surface area is 141 Å². The van der Waals surface area contributed by atoms with E-state index in [1.54, 1.807) is 43.3 Å². The summed E-state index contributed by atoms with van der Waals surface area (Å²) >= 11 is 6.93. The first-order valence-corrected chi connectivity index (χ1v) is 8.09. The fraction of sp³-hybridized carbons (Fsp3) is 0.188. The third-order valence-electron chi connectivity index (χ3n) is 3.78. The van der Waals surface area contributed by atoms with Crippen LogP contribution in [-0.4, -0.2) is 29.2 Å². The van der Waals surface area contributed by atoms with Crippen LogP contribution >= 0.6 is 22.9 Å². The number of rotatable bonds is 4. The summed E-state index contributed by atoms with van der Waals surface area (Å²) in [5, 5.41) is 2.67. The molecule has 0 saturated carbocycles. The van der Waals surface area contributed by atoms with Crippen molar-refractivity contribution in [2.75, 3.05) is 6.54 Å². The Bertz CT molecular complexity index is 790. The average molecular weight is 349 g/mol. The largest absolute Gasteiger partial charge is 0.325 e. The van der Waals surface area contributed by atoms with Gasteiger partial charge in [0.15, 0.2) is 5.78 Å². The molecule has 1 fully saturated rings. The number of halogens is 1. The first kappa shape index (κ1) is 15.7. The molecule has 1 saturated heterocycles. The van der Waals surface area contributed by atoms with Crippen LogP contribution in [0, 0.1) is 0 Å².